The number of hydrogen-bond donors (Lipinski definition) is 1. The Morgan fingerprint density at radius 3 is 2.46 bits per heavy atom. The Morgan fingerprint density at radius 1 is 1.11 bits per heavy atom. The van der Waals surface area contributed by atoms with Gasteiger partial charge < -0.3 is 19.9 Å². The van der Waals surface area contributed by atoms with Gasteiger partial charge >= 0.3 is 6.03 Å². The SMILES string of the molecule is CCC1(N2CCN(C(=O)Cc3ccccc3OC)CC2)CCN(C(=O)NC)C1. The molecule has 0 spiro atoms. The third-order valence-corrected chi connectivity index (χ3v) is 6.33. The molecule has 2 saturated heterocycles. The monoisotopic (exact) mass is 388 g/mol. The fourth-order valence-corrected chi connectivity index (χ4v) is 4.51. The topological polar surface area (TPSA) is 65.1 Å². The molecule has 7 heteroatoms. The van der Waals surface area contributed by atoms with Crippen LogP contribution >= 0.6 is 0 Å². The van der Waals surface area contributed by atoms with Gasteiger partial charge in [0.05, 0.1) is 13.5 Å². The number of ether oxygens (including phenoxy) is 1. The summed E-state index contributed by atoms with van der Waals surface area (Å²) in [7, 11) is 3.32. The molecule has 0 radical (unpaired) electrons. The van der Waals surface area contributed by atoms with Gasteiger partial charge in [-0.15, -0.1) is 0 Å². The van der Waals surface area contributed by atoms with Gasteiger partial charge in [0.2, 0.25) is 5.91 Å². The predicted molar refractivity (Wildman–Crippen MR) is 109 cm³/mol. The normalized spacial score (nSPS) is 23.0. The number of amides is 3. The van der Waals surface area contributed by atoms with Gasteiger partial charge in [-0.3, -0.25) is 9.69 Å². The van der Waals surface area contributed by atoms with E-state index in [0.29, 0.717) is 6.42 Å². The molecule has 2 aliphatic heterocycles. The molecule has 2 aliphatic rings. The van der Waals surface area contributed by atoms with Crippen molar-refractivity contribution in [3.05, 3.63) is 29.8 Å². The number of benzene rings is 1. The van der Waals surface area contributed by atoms with Gasteiger partial charge in [-0.1, -0.05) is 25.1 Å². The van der Waals surface area contributed by atoms with Crippen LogP contribution in [0.15, 0.2) is 24.3 Å². The van der Waals surface area contributed by atoms with Gasteiger partial charge in [0.25, 0.3) is 0 Å². The summed E-state index contributed by atoms with van der Waals surface area (Å²) in [5.41, 5.74) is 0.962. The summed E-state index contributed by atoms with van der Waals surface area (Å²) in [5.74, 6) is 0.910. The Morgan fingerprint density at radius 2 is 1.82 bits per heavy atom. The lowest BCUT2D eigenvalue weighted by molar-refractivity contribution is -0.133. The van der Waals surface area contributed by atoms with Gasteiger partial charge in [0.1, 0.15) is 5.75 Å². The second-order valence-corrected chi connectivity index (χ2v) is 7.66. The highest BCUT2D eigenvalue weighted by Gasteiger charge is 2.44. The summed E-state index contributed by atoms with van der Waals surface area (Å²) in [4.78, 5) is 31.1. The minimum absolute atomic E-state index is 0.000877. The van der Waals surface area contributed by atoms with E-state index in [1.165, 1.54) is 0 Å². The number of methoxy groups -OCH3 is 1. The molecule has 0 saturated carbocycles. The van der Waals surface area contributed by atoms with E-state index in [9.17, 15) is 9.59 Å². The smallest absolute Gasteiger partial charge is 0.317 e. The van der Waals surface area contributed by atoms with Gasteiger partial charge in [-0.2, -0.15) is 0 Å². The maximum atomic E-state index is 12.8. The molecule has 0 aliphatic carbocycles. The van der Waals surface area contributed by atoms with Crippen molar-refractivity contribution in [2.24, 2.45) is 0 Å². The average molecular weight is 389 g/mol. The molecule has 0 aromatic heterocycles. The highest BCUT2D eigenvalue weighted by atomic mass is 16.5. The summed E-state index contributed by atoms with van der Waals surface area (Å²) < 4.78 is 5.37. The number of rotatable bonds is 5. The fraction of sp³-hybridized carbons (Fsp3) is 0.619. The highest BCUT2D eigenvalue weighted by molar-refractivity contribution is 5.79. The maximum Gasteiger partial charge on any atom is 0.317 e. The average Bonchev–Trinajstić information content (AvgIpc) is 3.19. The molecule has 3 amide bonds. The van der Waals surface area contributed by atoms with Gasteiger partial charge in [0.15, 0.2) is 0 Å². The number of nitrogens with one attached hydrogen (secondary N) is 1. The van der Waals surface area contributed by atoms with Crippen LogP contribution in [0.5, 0.6) is 5.75 Å². The van der Waals surface area contributed by atoms with Crippen molar-refractivity contribution in [2.45, 2.75) is 31.7 Å². The molecule has 2 fully saturated rings. The van der Waals surface area contributed by atoms with Gasteiger partial charge in [0, 0.05) is 57.4 Å². The van der Waals surface area contributed by atoms with Crippen LogP contribution < -0.4 is 10.1 Å². The van der Waals surface area contributed by atoms with Crippen LogP contribution in [0.25, 0.3) is 0 Å². The van der Waals surface area contributed by atoms with E-state index >= 15 is 0 Å². The van der Waals surface area contributed by atoms with E-state index in [1.807, 2.05) is 34.1 Å². The van der Waals surface area contributed by atoms with E-state index in [1.54, 1.807) is 14.2 Å². The minimum atomic E-state index is 0.000877. The molecule has 1 N–H and O–H groups in total. The van der Waals surface area contributed by atoms with Gasteiger partial charge in [-0.05, 0) is 18.9 Å². The first-order valence-corrected chi connectivity index (χ1v) is 10.1. The first kappa shape index (κ1) is 20.5. The van der Waals surface area contributed by atoms with Crippen molar-refractivity contribution in [3.8, 4) is 5.75 Å². The molecule has 2 heterocycles. The lowest BCUT2D eigenvalue weighted by Gasteiger charge is -2.45. The summed E-state index contributed by atoms with van der Waals surface area (Å²) >= 11 is 0. The second kappa shape index (κ2) is 8.82. The zero-order chi connectivity index (χ0) is 20.1. The molecule has 1 unspecified atom stereocenters. The van der Waals surface area contributed by atoms with Crippen LogP contribution in [-0.2, 0) is 11.2 Å². The van der Waals surface area contributed by atoms with Crippen LogP contribution in [0, 0.1) is 0 Å². The standard InChI is InChI=1S/C21H32N4O3/c1-4-21(9-10-24(16-21)20(27)22-2)25-13-11-23(12-14-25)19(26)15-17-7-5-6-8-18(17)28-3/h5-8H,4,9-16H2,1-3H3,(H,22,27). The molecule has 1 aromatic rings. The Bertz CT molecular complexity index is 703. The number of hydrogen-bond acceptors (Lipinski definition) is 4. The first-order chi connectivity index (χ1) is 13.5. The van der Waals surface area contributed by atoms with Crippen molar-refractivity contribution < 1.29 is 14.3 Å². The second-order valence-electron chi connectivity index (χ2n) is 7.66. The molecule has 7 nitrogen and oxygen atoms in total. The third kappa shape index (κ3) is 4.09. The molecule has 1 aromatic carbocycles. The quantitative estimate of drug-likeness (QED) is 0.832. The van der Waals surface area contributed by atoms with Crippen molar-refractivity contribution >= 4 is 11.9 Å². The Hall–Kier alpha value is -2.28. The Kier molecular flexibility index (Phi) is 6.44. The Labute approximate surface area is 167 Å². The summed E-state index contributed by atoms with van der Waals surface area (Å²) in [6.45, 7) is 6.93. The fourth-order valence-electron chi connectivity index (χ4n) is 4.51. The summed E-state index contributed by atoms with van der Waals surface area (Å²) in [5, 5.41) is 2.73. The van der Waals surface area contributed by atoms with E-state index < -0.39 is 0 Å². The molecule has 28 heavy (non-hydrogen) atoms. The van der Waals surface area contributed by atoms with Crippen molar-refractivity contribution in [1.82, 2.24) is 20.0 Å². The molecule has 3 rings (SSSR count). The lowest BCUT2D eigenvalue weighted by atomic mass is 9.92. The largest absolute Gasteiger partial charge is 0.496 e. The zero-order valence-corrected chi connectivity index (χ0v) is 17.2. The lowest BCUT2D eigenvalue weighted by Crippen LogP contribution is -2.59. The van der Waals surface area contributed by atoms with Gasteiger partial charge in [-0.25, -0.2) is 4.79 Å². The number of piperazine rings is 1. The van der Waals surface area contributed by atoms with Crippen molar-refractivity contribution in [3.63, 3.8) is 0 Å². The third-order valence-electron chi connectivity index (χ3n) is 6.33. The molecular formula is C21H32N4O3. The number of carbonyl (C=O) groups is 2. The van der Waals surface area contributed by atoms with Crippen LogP contribution in [0.2, 0.25) is 0 Å². The maximum absolute atomic E-state index is 12.8. The van der Waals surface area contributed by atoms with E-state index in [2.05, 4.69) is 17.1 Å². The van der Waals surface area contributed by atoms with Crippen molar-refractivity contribution in [2.75, 3.05) is 53.4 Å². The molecule has 154 valence electrons. The molecular weight excluding hydrogens is 356 g/mol. The number of likely N-dealkylation sites (tertiary alicyclic amines) is 1. The molecule has 0 bridgehead atoms. The minimum Gasteiger partial charge on any atom is -0.496 e. The number of carbonyl (C=O) groups excluding carboxylic acids is 2. The van der Waals surface area contributed by atoms with Crippen molar-refractivity contribution in [1.29, 1.82) is 0 Å². The van der Waals surface area contributed by atoms with E-state index in [-0.39, 0.29) is 17.5 Å². The number of para-hydroxylation sites is 1. The van der Waals surface area contributed by atoms with E-state index in [0.717, 1.165) is 63.4 Å². The Balaban J connectivity index is 1.58. The summed E-state index contributed by atoms with van der Waals surface area (Å²) in [6, 6.07) is 7.70. The zero-order valence-electron chi connectivity index (χ0n) is 17.2. The van der Waals surface area contributed by atoms with E-state index in [4.69, 9.17) is 4.74 Å². The highest BCUT2D eigenvalue weighted by Crippen LogP contribution is 2.32. The number of nitrogens with zero attached hydrogens (tertiary/aromatic N) is 3. The number of urea groups is 1. The summed E-state index contributed by atoms with van der Waals surface area (Å²) in [6.07, 6.45) is 2.37. The first-order valence-electron chi connectivity index (χ1n) is 10.1. The predicted octanol–water partition coefficient (Wildman–Crippen LogP) is 1.58. The molecule has 1 atom stereocenters. The van der Waals surface area contributed by atoms with Crippen LogP contribution in [0.1, 0.15) is 25.3 Å². The van der Waals surface area contributed by atoms with Crippen LogP contribution in [0.4, 0.5) is 4.79 Å². The van der Waals surface area contributed by atoms with Crippen LogP contribution in [0.3, 0.4) is 0 Å². The van der Waals surface area contributed by atoms with Crippen LogP contribution in [-0.4, -0.2) is 85.6 Å².